The zero-order valence-electron chi connectivity index (χ0n) is 18.9. The number of carbonyl (C=O) groups excluding carboxylic acids is 2. The lowest BCUT2D eigenvalue weighted by molar-refractivity contribution is -0.113. The van der Waals surface area contributed by atoms with Gasteiger partial charge in [0.1, 0.15) is 5.75 Å². The number of benzene rings is 2. The van der Waals surface area contributed by atoms with Crippen molar-refractivity contribution in [2.75, 3.05) is 24.7 Å². The van der Waals surface area contributed by atoms with Crippen LogP contribution in [0.4, 0.5) is 5.69 Å². The van der Waals surface area contributed by atoms with Gasteiger partial charge in [0.15, 0.2) is 11.0 Å². The molecule has 2 amide bonds. The second-order valence-corrected chi connectivity index (χ2v) is 8.93. The molecule has 33 heavy (non-hydrogen) atoms. The van der Waals surface area contributed by atoms with Crippen LogP contribution in [0.2, 0.25) is 0 Å². The molecule has 1 unspecified atom stereocenters. The average molecular weight is 466 g/mol. The van der Waals surface area contributed by atoms with Crippen molar-refractivity contribution in [1.82, 2.24) is 19.7 Å². The van der Waals surface area contributed by atoms with Crippen molar-refractivity contribution in [3.05, 3.63) is 65.5 Å². The predicted molar refractivity (Wildman–Crippen MR) is 128 cm³/mol. The number of nitrogens with one attached hydrogen (secondary N) is 1. The number of likely N-dealkylation sites (tertiary alicyclic amines) is 1. The minimum atomic E-state index is -0.133. The van der Waals surface area contributed by atoms with Crippen molar-refractivity contribution in [2.45, 2.75) is 31.0 Å². The van der Waals surface area contributed by atoms with E-state index in [1.54, 1.807) is 31.4 Å². The van der Waals surface area contributed by atoms with E-state index in [2.05, 4.69) is 15.5 Å². The number of aryl methyl sites for hydroxylation is 1. The van der Waals surface area contributed by atoms with Gasteiger partial charge < -0.3 is 19.5 Å². The molecular weight excluding hydrogens is 438 g/mol. The first-order valence-corrected chi connectivity index (χ1v) is 11.8. The molecule has 0 radical (unpaired) electrons. The fourth-order valence-electron chi connectivity index (χ4n) is 3.88. The molecular formula is C24H27N5O3S. The smallest absolute Gasteiger partial charge is 0.254 e. The summed E-state index contributed by atoms with van der Waals surface area (Å²) in [5.41, 5.74) is 2.51. The monoisotopic (exact) mass is 465 g/mol. The topological polar surface area (TPSA) is 89.3 Å². The van der Waals surface area contributed by atoms with Gasteiger partial charge in [-0.05, 0) is 56.2 Å². The van der Waals surface area contributed by atoms with Gasteiger partial charge in [0.05, 0.1) is 18.9 Å². The molecule has 1 N–H and O–H groups in total. The Bertz CT molecular complexity index is 1130. The maximum absolute atomic E-state index is 13.1. The number of rotatable bonds is 7. The Morgan fingerprint density at radius 3 is 2.55 bits per heavy atom. The zero-order valence-corrected chi connectivity index (χ0v) is 19.8. The summed E-state index contributed by atoms with van der Waals surface area (Å²) in [7, 11) is 3.48. The molecule has 0 aliphatic carbocycles. The molecule has 1 fully saturated rings. The van der Waals surface area contributed by atoms with Crippen molar-refractivity contribution in [3.63, 3.8) is 0 Å². The van der Waals surface area contributed by atoms with E-state index in [0.717, 1.165) is 30.0 Å². The van der Waals surface area contributed by atoms with Crippen LogP contribution < -0.4 is 10.1 Å². The molecule has 1 aliphatic rings. The Morgan fingerprint density at radius 1 is 1.12 bits per heavy atom. The third-order valence-electron chi connectivity index (χ3n) is 5.68. The summed E-state index contributed by atoms with van der Waals surface area (Å²) in [5, 5.41) is 12.2. The molecule has 1 atom stereocenters. The number of ether oxygens (including phenoxy) is 1. The quantitative estimate of drug-likeness (QED) is 0.534. The number of anilines is 1. The number of amides is 2. The lowest BCUT2D eigenvalue weighted by Crippen LogP contribution is -2.31. The molecule has 2 aromatic carbocycles. The highest BCUT2D eigenvalue weighted by molar-refractivity contribution is 7.99. The van der Waals surface area contributed by atoms with Crippen molar-refractivity contribution in [3.8, 4) is 5.75 Å². The van der Waals surface area contributed by atoms with Gasteiger partial charge in [0, 0.05) is 24.8 Å². The molecule has 0 bridgehead atoms. The van der Waals surface area contributed by atoms with Crippen LogP contribution in [-0.2, 0) is 11.8 Å². The first-order chi connectivity index (χ1) is 16.0. The van der Waals surface area contributed by atoms with Gasteiger partial charge in [-0.3, -0.25) is 9.59 Å². The third kappa shape index (κ3) is 5.19. The van der Waals surface area contributed by atoms with Crippen LogP contribution in [0.15, 0.2) is 53.7 Å². The van der Waals surface area contributed by atoms with Gasteiger partial charge in [-0.25, -0.2) is 0 Å². The molecule has 0 spiro atoms. The van der Waals surface area contributed by atoms with E-state index < -0.39 is 0 Å². The number of methoxy groups -OCH3 is 1. The molecule has 4 rings (SSSR count). The number of hydrogen-bond donors (Lipinski definition) is 1. The summed E-state index contributed by atoms with van der Waals surface area (Å²) in [5.74, 6) is 1.55. The van der Waals surface area contributed by atoms with Crippen molar-refractivity contribution >= 4 is 29.3 Å². The minimum Gasteiger partial charge on any atom is -0.497 e. The van der Waals surface area contributed by atoms with Gasteiger partial charge >= 0.3 is 0 Å². The standard InChI is InChI=1S/C24H27N5O3S/c1-16-6-8-17(9-7-16)23(31)29-14-4-5-20(29)22-26-27-24(28(22)2)33-15-21(30)25-18-10-12-19(32-3)13-11-18/h6-13,20H,4-5,14-15H2,1-3H3,(H,25,30). The molecule has 1 aliphatic heterocycles. The maximum Gasteiger partial charge on any atom is 0.254 e. The Hall–Kier alpha value is -3.33. The van der Waals surface area contributed by atoms with E-state index >= 15 is 0 Å². The molecule has 2 heterocycles. The van der Waals surface area contributed by atoms with Crippen LogP contribution in [0.5, 0.6) is 5.75 Å². The van der Waals surface area contributed by atoms with E-state index in [1.807, 2.05) is 47.7 Å². The maximum atomic E-state index is 13.1. The Balaban J connectivity index is 1.39. The minimum absolute atomic E-state index is 0.00794. The first-order valence-electron chi connectivity index (χ1n) is 10.8. The van der Waals surface area contributed by atoms with Crippen LogP contribution >= 0.6 is 11.8 Å². The number of hydrogen-bond acceptors (Lipinski definition) is 6. The first kappa shape index (κ1) is 22.8. The van der Waals surface area contributed by atoms with Crippen LogP contribution in [0.25, 0.3) is 0 Å². The highest BCUT2D eigenvalue weighted by Crippen LogP contribution is 2.33. The largest absolute Gasteiger partial charge is 0.497 e. The summed E-state index contributed by atoms with van der Waals surface area (Å²) in [6.07, 6.45) is 1.76. The van der Waals surface area contributed by atoms with E-state index in [-0.39, 0.29) is 23.6 Å². The average Bonchev–Trinajstić information content (AvgIpc) is 3.44. The van der Waals surface area contributed by atoms with Gasteiger partial charge in [-0.1, -0.05) is 29.5 Å². The predicted octanol–water partition coefficient (Wildman–Crippen LogP) is 3.84. The molecule has 0 saturated carbocycles. The molecule has 9 heteroatoms. The second-order valence-electron chi connectivity index (χ2n) is 7.99. The lowest BCUT2D eigenvalue weighted by atomic mass is 10.1. The number of carbonyl (C=O) groups is 2. The second kappa shape index (κ2) is 10.1. The molecule has 3 aromatic rings. The summed E-state index contributed by atoms with van der Waals surface area (Å²) in [6.45, 7) is 2.69. The Labute approximate surface area is 197 Å². The van der Waals surface area contributed by atoms with Gasteiger partial charge in [0.2, 0.25) is 5.91 Å². The molecule has 1 aromatic heterocycles. The van der Waals surface area contributed by atoms with Crippen molar-refractivity contribution in [2.24, 2.45) is 7.05 Å². The normalized spacial score (nSPS) is 15.5. The van der Waals surface area contributed by atoms with Crippen LogP contribution in [0.3, 0.4) is 0 Å². The van der Waals surface area contributed by atoms with E-state index in [9.17, 15) is 9.59 Å². The molecule has 8 nitrogen and oxygen atoms in total. The van der Waals surface area contributed by atoms with Crippen LogP contribution in [-0.4, -0.2) is 50.9 Å². The number of aromatic nitrogens is 3. The lowest BCUT2D eigenvalue weighted by Gasteiger charge is -2.24. The van der Waals surface area contributed by atoms with E-state index in [4.69, 9.17) is 4.74 Å². The van der Waals surface area contributed by atoms with Crippen LogP contribution in [0, 0.1) is 6.92 Å². The molecule has 172 valence electrons. The Morgan fingerprint density at radius 2 is 1.85 bits per heavy atom. The summed E-state index contributed by atoms with van der Waals surface area (Å²) in [4.78, 5) is 27.3. The highest BCUT2D eigenvalue weighted by atomic mass is 32.2. The highest BCUT2D eigenvalue weighted by Gasteiger charge is 2.34. The van der Waals surface area contributed by atoms with Crippen molar-refractivity contribution in [1.29, 1.82) is 0 Å². The summed E-state index contributed by atoms with van der Waals surface area (Å²) in [6, 6.07) is 14.7. The molecule has 1 saturated heterocycles. The van der Waals surface area contributed by atoms with Gasteiger partial charge in [-0.2, -0.15) is 0 Å². The number of thioether (sulfide) groups is 1. The van der Waals surface area contributed by atoms with E-state index in [0.29, 0.717) is 23.0 Å². The Kier molecular flexibility index (Phi) is 6.98. The third-order valence-corrected chi connectivity index (χ3v) is 6.71. The summed E-state index contributed by atoms with van der Waals surface area (Å²) >= 11 is 1.32. The van der Waals surface area contributed by atoms with Gasteiger partial charge in [-0.15, -0.1) is 10.2 Å². The fourth-order valence-corrected chi connectivity index (χ4v) is 4.60. The number of nitrogens with zero attached hydrogens (tertiary/aromatic N) is 4. The SMILES string of the molecule is COc1ccc(NC(=O)CSc2nnc(C3CCCN3C(=O)c3ccc(C)cc3)n2C)cc1. The zero-order chi connectivity index (χ0) is 23.4. The van der Waals surface area contributed by atoms with E-state index in [1.165, 1.54) is 11.8 Å². The van der Waals surface area contributed by atoms with Crippen LogP contribution in [0.1, 0.15) is 40.6 Å². The van der Waals surface area contributed by atoms with Crippen molar-refractivity contribution < 1.29 is 14.3 Å². The fraction of sp³-hybridized carbons (Fsp3) is 0.333. The van der Waals surface area contributed by atoms with Gasteiger partial charge in [0.25, 0.3) is 5.91 Å². The summed E-state index contributed by atoms with van der Waals surface area (Å²) < 4.78 is 7.02.